The zero-order valence-corrected chi connectivity index (χ0v) is 19.5. The molecule has 0 saturated carbocycles. The Kier molecular flexibility index (Phi) is 8.37. The Morgan fingerprint density at radius 2 is 1.61 bits per heavy atom. The maximum atomic E-state index is 2.77. The van der Waals surface area contributed by atoms with Crippen LogP contribution in [0.15, 0.2) is 29.8 Å². The molecule has 5 rings (SSSR count). The minimum atomic E-state index is 0.632. The van der Waals surface area contributed by atoms with Crippen LogP contribution in [-0.4, -0.2) is 22.6 Å². The van der Waals surface area contributed by atoms with Gasteiger partial charge in [0.1, 0.15) is 0 Å². The molecule has 0 radical (unpaired) electrons. The van der Waals surface area contributed by atoms with E-state index in [2.05, 4.69) is 53.8 Å². The topological polar surface area (TPSA) is 8.17 Å². The molecule has 2 aromatic rings. The fourth-order valence-corrected chi connectivity index (χ4v) is 5.18. The van der Waals surface area contributed by atoms with E-state index < -0.39 is 0 Å². The first-order valence-electron chi connectivity index (χ1n) is 11.8. The Morgan fingerprint density at radius 3 is 2.29 bits per heavy atom. The molecular weight excluding hydrogens is 340 g/mol. The van der Waals surface area contributed by atoms with Crippen LogP contribution in [0, 0.1) is 11.8 Å². The summed E-state index contributed by atoms with van der Waals surface area (Å²) in [6.45, 7) is 19.3. The lowest BCUT2D eigenvalue weighted by atomic mass is 9.74. The quantitative estimate of drug-likeness (QED) is 0.494. The van der Waals surface area contributed by atoms with Gasteiger partial charge in [0.15, 0.2) is 0 Å². The van der Waals surface area contributed by atoms with Crippen LogP contribution in [0.25, 0.3) is 17.1 Å². The third-order valence-corrected chi connectivity index (χ3v) is 6.09. The van der Waals surface area contributed by atoms with Crippen LogP contribution >= 0.6 is 0 Å². The molecule has 0 bridgehead atoms. The smallest absolute Gasteiger partial charge is 0.0573 e. The van der Waals surface area contributed by atoms with Gasteiger partial charge in [0, 0.05) is 29.7 Å². The van der Waals surface area contributed by atoms with Crippen LogP contribution in [0.4, 0.5) is 0 Å². The number of fused-ring (bicyclic) bond motifs is 3. The van der Waals surface area contributed by atoms with Crippen molar-refractivity contribution in [3.8, 4) is 0 Å². The number of hydrogen-bond acceptors (Lipinski definition) is 1. The van der Waals surface area contributed by atoms with Gasteiger partial charge in [0.2, 0.25) is 0 Å². The lowest BCUT2D eigenvalue weighted by molar-refractivity contribution is 0.0889. The van der Waals surface area contributed by atoms with Gasteiger partial charge in [-0.3, -0.25) is 4.90 Å². The number of para-hydroxylation sites is 1. The average Bonchev–Trinajstić information content (AvgIpc) is 3.11. The second kappa shape index (κ2) is 10.3. The molecule has 28 heavy (non-hydrogen) atoms. The van der Waals surface area contributed by atoms with Gasteiger partial charge < -0.3 is 4.57 Å². The number of hydrogen-bond donors (Lipinski definition) is 0. The third-order valence-electron chi connectivity index (χ3n) is 6.09. The summed E-state index contributed by atoms with van der Waals surface area (Å²) in [6.07, 6.45) is 6.44. The zero-order chi connectivity index (χ0) is 20.8. The van der Waals surface area contributed by atoms with Crippen molar-refractivity contribution in [2.24, 2.45) is 11.8 Å². The van der Waals surface area contributed by atoms with Gasteiger partial charge in [-0.1, -0.05) is 73.6 Å². The first-order chi connectivity index (χ1) is 13.8. The van der Waals surface area contributed by atoms with Crippen molar-refractivity contribution in [2.45, 2.75) is 80.7 Å². The summed E-state index contributed by atoms with van der Waals surface area (Å²) in [5, 5.41) is 1.49. The molecule has 0 amide bonds. The minimum absolute atomic E-state index is 0.632. The molecular formula is C26H42N2. The Balaban J connectivity index is 0.000000430. The molecule has 2 nitrogen and oxygen atoms in total. The van der Waals surface area contributed by atoms with Crippen molar-refractivity contribution in [1.82, 2.24) is 9.47 Å². The highest BCUT2D eigenvalue weighted by atomic mass is 15.2. The predicted molar refractivity (Wildman–Crippen MR) is 126 cm³/mol. The van der Waals surface area contributed by atoms with Crippen LogP contribution in [0.5, 0.6) is 0 Å². The summed E-state index contributed by atoms with van der Waals surface area (Å²) in [5.74, 6) is 1.38. The molecule has 2 atom stereocenters. The zero-order valence-electron chi connectivity index (χ0n) is 19.5. The number of nitrogens with zero attached hydrogens (tertiary/aromatic N) is 2. The molecule has 0 spiro atoms. The summed E-state index contributed by atoms with van der Waals surface area (Å²) in [7, 11) is 0. The molecule has 0 N–H and O–H groups in total. The van der Waals surface area contributed by atoms with E-state index in [9.17, 15) is 0 Å². The molecule has 3 aliphatic rings. The third kappa shape index (κ3) is 3.68. The molecule has 0 aliphatic carbocycles. The van der Waals surface area contributed by atoms with E-state index >= 15 is 0 Å². The van der Waals surface area contributed by atoms with Crippen molar-refractivity contribution in [3.05, 3.63) is 41.1 Å². The SMILES string of the molecule is CC.CC.CC.CC(C)C1=Cn2c3c(c4ccccc42)CCN2CCCC1C32. The fourth-order valence-electron chi connectivity index (χ4n) is 5.18. The molecule has 3 aliphatic heterocycles. The molecule has 1 aromatic carbocycles. The van der Waals surface area contributed by atoms with E-state index in [1.807, 2.05) is 41.5 Å². The maximum Gasteiger partial charge on any atom is 0.0573 e. The lowest BCUT2D eigenvalue weighted by Gasteiger charge is -2.48. The Morgan fingerprint density at radius 1 is 0.929 bits per heavy atom. The van der Waals surface area contributed by atoms with E-state index in [1.165, 1.54) is 43.3 Å². The van der Waals surface area contributed by atoms with Crippen molar-refractivity contribution in [3.63, 3.8) is 0 Å². The van der Waals surface area contributed by atoms with Gasteiger partial charge in [-0.15, -0.1) is 0 Å². The second-order valence-electron chi connectivity index (χ2n) is 7.51. The fraction of sp³-hybridized carbons (Fsp3) is 0.615. The number of aromatic nitrogens is 1. The summed E-state index contributed by atoms with van der Waals surface area (Å²) in [4.78, 5) is 2.77. The van der Waals surface area contributed by atoms with Gasteiger partial charge in [0.25, 0.3) is 0 Å². The highest BCUT2D eigenvalue weighted by Crippen LogP contribution is 2.50. The normalized spacial score (nSPS) is 22.0. The van der Waals surface area contributed by atoms with E-state index in [0.717, 1.165) is 5.92 Å². The van der Waals surface area contributed by atoms with E-state index in [-0.39, 0.29) is 0 Å². The number of benzene rings is 1. The monoisotopic (exact) mass is 382 g/mol. The van der Waals surface area contributed by atoms with E-state index in [4.69, 9.17) is 0 Å². The minimum Gasteiger partial charge on any atom is -0.318 e. The highest BCUT2D eigenvalue weighted by molar-refractivity contribution is 5.88. The Bertz CT molecular complexity index is 781. The van der Waals surface area contributed by atoms with Crippen LogP contribution in [0.1, 0.15) is 85.5 Å². The molecule has 1 aromatic heterocycles. The van der Waals surface area contributed by atoms with Crippen LogP contribution in [0.3, 0.4) is 0 Å². The molecule has 2 heteroatoms. The van der Waals surface area contributed by atoms with E-state index in [1.54, 1.807) is 16.8 Å². The average molecular weight is 383 g/mol. The van der Waals surface area contributed by atoms with Crippen molar-refractivity contribution in [1.29, 1.82) is 0 Å². The van der Waals surface area contributed by atoms with Crippen molar-refractivity contribution < 1.29 is 0 Å². The largest absolute Gasteiger partial charge is 0.318 e. The van der Waals surface area contributed by atoms with Gasteiger partial charge >= 0.3 is 0 Å². The van der Waals surface area contributed by atoms with Crippen molar-refractivity contribution in [2.75, 3.05) is 13.1 Å². The molecule has 2 unspecified atom stereocenters. The highest BCUT2D eigenvalue weighted by Gasteiger charge is 2.43. The second-order valence-corrected chi connectivity index (χ2v) is 7.51. The molecule has 1 fully saturated rings. The molecule has 156 valence electrons. The first-order valence-corrected chi connectivity index (χ1v) is 11.8. The number of rotatable bonds is 1. The summed E-state index contributed by atoms with van der Waals surface area (Å²) in [6, 6.07) is 9.64. The van der Waals surface area contributed by atoms with Crippen molar-refractivity contribution >= 4 is 17.1 Å². The van der Waals surface area contributed by atoms with Crippen LogP contribution in [0.2, 0.25) is 0 Å². The maximum absolute atomic E-state index is 2.77. The van der Waals surface area contributed by atoms with Gasteiger partial charge in [-0.25, -0.2) is 0 Å². The predicted octanol–water partition coefficient (Wildman–Crippen LogP) is 7.54. The van der Waals surface area contributed by atoms with Crippen LogP contribution in [-0.2, 0) is 6.42 Å². The first kappa shape index (κ1) is 22.7. The van der Waals surface area contributed by atoms with Gasteiger partial charge in [0.05, 0.1) is 11.6 Å². The standard InChI is InChI=1S/C20H24N2.3C2H6/c1-13(2)17-12-22-18-8-4-3-6-14(18)16-9-11-21-10-5-7-15(17)19(21)20(16)22;3*1-2/h3-4,6,8,12-13,15,19H,5,7,9-11H2,1-2H3;3*1-2H3. The summed E-state index contributed by atoms with van der Waals surface area (Å²) < 4.78 is 2.54. The van der Waals surface area contributed by atoms with Gasteiger partial charge in [-0.05, 0) is 48.9 Å². The van der Waals surface area contributed by atoms with Gasteiger partial charge in [-0.2, -0.15) is 0 Å². The summed E-state index contributed by atoms with van der Waals surface area (Å²) >= 11 is 0. The van der Waals surface area contributed by atoms with Crippen LogP contribution < -0.4 is 0 Å². The Hall–Kier alpha value is -1.54. The summed E-state index contributed by atoms with van der Waals surface area (Å²) in [5.41, 5.74) is 6.32. The van der Waals surface area contributed by atoms with E-state index in [0.29, 0.717) is 12.0 Å². The Labute approximate surface area is 173 Å². The molecule has 4 heterocycles. The lowest BCUT2D eigenvalue weighted by Crippen LogP contribution is -2.46. The molecule has 1 saturated heterocycles. The number of piperidine rings is 1.